The number of nitrogens with two attached hydrogens (primary N) is 1. The maximum Gasteiger partial charge on any atom is 0.255 e. The second-order valence-electron chi connectivity index (χ2n) is 5.12. The lowest BCUT2D eigenvalue weighted by molar-refractivity contribution is 0.227. The van der Waals surface area contributed by atoms with E-state index < -0.39 is 15.8 Å². The van der Waals surface area contributed by atoms with Crippen molar-refractivity contribution in [2.45, 2.75) is 36.6 Å². The third kappa shape index (κ3) is 3.39. The van der Waals surface area contributed by atoms with Crippen LogP contribution in [0.15, 0.2) is 29.2 Å². The topological polar surface area (TPSA) is 63.4 Å². The van der Waals surface area contributed by atoms with Gasteiger partial charge in [0.1, 0.15) is 5.82 Å². The molecule has 112 valence electrons. The van der Waals surface area contributed by atoms with Crippen LogP contribution in [0, 0.1) is 11.7 Å². The van der Waals surface area contributed by atoms with Crippen LogP contribution in [-0.2, 0) is 10.0 Å². The third-order valence-corrected chi connectivity index (χ3v) is 6.38. The molecular formula is C13H18BrFN2O2S. The molecule has 0 bridgehead atoms. The summed E-state index contributed by atoms with van der Waals surface area (Å²) in [6, 6.07) is 4.74. The van der Waals surface area contributed by atoms with E-state index in [1.807, 2.05) is 0 Å². The first-order valence-corrected chi connectivity index (χ1v) is 9.12. The van der Waals surface area contributed by atoms with Crippen molar-refractivity contribution < 1.29 is 12.8 Å². The Bertz CT molecular complexity index is 559. The summed E-state index contributed by atoms with van der Waals surface area (Å²) in [5, 5.41) is 0.931. The maximum absolute atomic E-state index is 13.2. The molecule has 0 atom stereocenters. The molecule has 1 fully saturated rings. The molecule has 0 unspecified atom stereocenters. The van der Waals surface area contributed by atoms with E-state index in [1.54, 1.807) is 0 Å². The minimum Gasteiger partial charge on any atom is -0.254 e. The molecule has 4 nitrogen and oxygen atoms in total. The van der Waals surface area contributed by atoms with Gasteiger partial charge in [-0.15, -0.1) is 4.41 Å². The summed E-state index contributed by atoms with van der Waals surface area (Å²) < 4.78 is 38.8. The van der Waals surface area contributed by atoms with Gasteiger partial charge in [-0.1, -0.05) is 22.0 Å². The van der Waals surface area contributed by atoms with Crippen molar-refractivity contribution >= 4 is 26.0 Å². The highest BCUT2D eigenvalue weighted by Gasteiger charge is 2.32. The van der Waals surface area contributed by atoms with Crippen LogP contribution in [0.1, 0.15) is 25.7 Å². The molecular weight excluding hydrogens is 347 g/mol. The lowest BCUT2D eigenvalue weighted by Crippen LogP contribution is -2.47. The Kier molecular flexibility index (Phi) is 5.17. The number of hydrazine groups is 1. The van der Waals surface area contributed by atoms with Crippen LogP contribution in [0.3, 0.4) is 0 Å². The fraction of sp³-hybridized carbons (Fsp3) is 0.538. The molecule has 1 saturated carbocycles. The second kappa shape index (κ2) is 6.51. The Hall–Kier alpha value is -0.500. The molecule has 2 N–H and O–H groups in total. The van der Waals surface area contributed by atoms with E-state index in [-0.39, 0.29) is 10.9 Å². The molecule has 0 spiro atoms. The zero-order valence-electron chi connectivity index (χ0n) is 11.0. The van der Waals surface area contributed by atoms with E-state index in [9.17, 15) is 12.8 Å². The maximum atomic E-state index is 13.2. The molecule has 1 aliphatic rings. The standard InChI is InChI=1S/C13H18BrFN2O2S/c14-9-10-4-6-12(7-5-10)17(16)20(18,19)13-3-1-2-11(15)8-13/h1-3,8,10,12H,4-7,9,16H2. The molecule has 1 aliphatic carbocycles. The van der Waals surface area contributed by atoms with Crippen LogP contribution < -0.4 is 5.84 Å². The minimum absolute atomic E-state index is 0.0948. The molecule has 7 heteroatoms. The molecule has 0 aromatic heterocycles. The average Bonchev–Trinajstić information content (AvgIpc) is 2.46. The number of benzene rings is 1. The van der Waals surface area contributed by atoms with Crippen molar-refractivity contribution in [1.82, 2.24) is 4.41 Å². The zero-order valence-corrected chi connectivity index (χ0v) is 13.4. The first-order valence-electron chi connectivity index (χ1n) is 6.56. The number of sulfonamides is 1. The highest BCUT2D eigenvalue weighted by atomic mass is 79.9. The first kappa shape index (κ1) is 15.9. The number of hydrogen-bond acceptors (Lipinski definition) is 3. The number of hydrogen-bond donors (Lipinski definition) is 1. The van der Waals surface area contributed by atoms with Gasteiger partial charge in [0.25, 0.3) is 10.0 Å². The number of nitrogens with zero attached hydrogens (tertiary/aromatic N) is 1. The normalized spacial score (nSPS) is 24.0. The predicted octanol–water partition coefficient (Wildman–Crippen LogP) is 2.64. The van der Waals surface area contributed by atoms with Gasteiger partial charge in [-0.2, -0.15) is 0 Å². The smallest absolute Gasteiger partial charge is 0.254 e. The van der Waals surface area contributed by atoms with Crippen molar-refractivity contribution in [2.24, 2.45) is 11.8 Å². The van der Waals surface area contributed by atoms with Crippen LogP contribution in [0.5, 0.6) is 0 Å². The Morgan fingerprint density at radius 2 is 1.95 bits per heavy atom. The lowest BCUT2D eigenvalue weighted by Gasteiger charge is -2.32. The fourth-order valence-electron chi connectivity index (χ4n) is 2.50. The zero-order chi connectivity index (χ0) is 14.8. The van der Waals surface area contributed by atoms with Gasteiger partial charge in [0, 0.05) is 11.4 Å². The van der Waals surface area contributed by atoms with Crippen LogP contribution in [0.4, 0.5) is 4.39 Å². The number of alkyl halides is 1. The van der Waals surface area contributed by atoms with E-state index >= 15 is 0 Å². The molecule has 0 heterocycles. The lowest BCUT2D eigenvalue weighted by atomic mass is 9.88. The van der Waals surface area contributed by atoms with Crippen molar-refractivity contribution in [3.05, 3.63) is 30.1 Å². The van der Waals surface area contributed by atoms with Gasteiger partial charge in [0.05, 0.1) is 4.90 Å². The van der Waals surface area contributed by atoms with Gasteiger partial charge in [0.15, 0.2) is 0 Å². The average molecular weight is 365 g/mol. The molecule has 0 saturated heterocycles. The van der Waals surface area contributed by atoms with E-state index in [1.165, 1.54) is 18.2 Å². The van der Waals surface area contributed by atoms with Gasteiger partial charge < -0.3 is 0 Å². The van der Waals surface area contributed by atoms with Gasteiger partial charge in [-0.25, -0.2) is 12.8 Å². The second-order valence-corrected chi connectivity index (χ2v) is 7.61. The molecule has 0 amide bonds. The van der Waals surface area contributed by atoms with Gasteiger partial charge >= 0.3 is 0 Å². The molecule has 1 aromatic carbocycles. The fourth-order valence-corrected chi connectivity index (χ4v) is 4.51. The molecule has 0 radical (unpaired) electrons. The Morgan fingerprint density at radius 1 is 1.30 bits per heavy atom. The molecule has 20 heavy (non-hydrogen) atoms. The van der Waals surface area contributed by atoms with Crippen molar-refractivity contribution in [3.63, 3.8) is 0 Å². The summed E-state index contributed by atoms with van der Waals surface area (Å²) in [5.74, 6) is 5.81. The van der Waals surface area contributed by atoms with Crippen LogP contribution in [-0.4, -0.2) is 24.2 Å². The van der Waals surface area contributed by atoms with E-state index in [0.717, 1.165) is 41.5 Å². The van der Waals surface area contributed by atoms with Crippen molar-refractivity contribution in [2.75, 3.05) is 5.33 Å². The number of rotatable bonds is 4. The largest absolute Gasteiger partial charge is 0.255 e. The SMILES string of the molecule is NN(C1CCC(CBr)CC1)S(=O)(=O)c1cccc(F)c1. The van der Waals surface area contributed by atoms with Gasteiger partial charge in [-0.3, -0.25) is 5.84 Å². The third-order valence-electron chi connectivity index (χ3n) is 3.77. The first-order chi connectivity index (χ1) is 9.45. The predicted molar refractivity (Wildman–Crippen MR) is 79.2 cm³/mol. The van der Waals surface area contributed by atoms with E-state index in [4.69, 9.17) is 5.84 Å². The van der Waals surface area contributed by atoms with Crippen molar-refractivity contribution in [1.29, 1.82) is 0 Å². The molecule has 2 rings (SSSR count). The molecule has 1 aromatic rings. The van der Waals surface area contributed by atoms with Crippen LogP contribution >= 0.6 is 15.9 Å². The summed E-state index contributed by atoms with van der Waals surface area (Å²) in [5.41, 5.74) is 0. The summed E-state index contributed by atoms with van der Waals surface area (Å²) in [7, 11) is -3.83. The Morgan fingerprint density at radius 3 is 2.50 bits per heavy atom. The van der Waals surface area contributed by atoms with Gasteiger partial charge in [0.2, 0.25) is 0 Å². The summed E-state index contributed by atoms with van der Waals surface area (Å²) in [6.07, 6.45) is 3.37. The Labute approximate surface area is 127 Å². The molecule has 0 aliphatic heterocycles. The van der Waals surface area contributed by atoms with Crippen molar-refractivity contribution in [3.8, 4) is 0 Å². The summed E-state index contributed by atoms with van der Waals surface area (Å²) in [4.78, 5) is -0.0948. The minimum atomic E-state index is -3.83. The summed E-state index contributed by atoms with van der Waals surface area (Å²) in [6.45, 7) is 0. The van der Waals surface area contributed by atoms with E-state index in [2.05, 4.69) is 15.9 Å². The van der Waals surface area contributed by atoms with Crippen LogP contribution in [0.25, 0.3) is 0 Å². The monoisotopic (exact) mass is 364 g/mol. The quantitative estimate of drug-likeness (QED) is 0.507. The highest BCUT2D eigenvalue weighted by Crippen LogP contribution is 2.30. The summed E-state index contributed by atoms with van der Waals surface area (Å²) >= 11 is 3.45. The number of halogens is 2. The van der Waals surface area contributed by atoms with Crippen LogP contribution in [0.2, 0.25) is 0 Å². The highest BCUT2D eigenvalue weighted by molar-refractivity contribution is 9.09. The Balaban J connectivity index is 2.14. The van der Waals surface area contributed by atoms with E-state index in [0.29, 0.717) is 5.92 Å². The van der Waals surface area contributed by atoms with Gasteiger partial charge in [-0.05, 0) is 49.8 Å².